The van der Waals surface area contributed by atoms with Gasteiger partial charge < -0.3 is 24.3 Å². The molecular weight excluding hydrogens is 522 g/mol. The summed E-state index contributed by atoms with van der Waals surface area (Å²) in [6.45, 7) is 11.4. The molecule has 0 aromatic heterocycles. The van der Waals surface area contributed by atoms with E-state index in [1.807, 2.05) is 58.0 Å². The minimum atomic E-state index is -0.675. The van der Waals surface area contributed by atoms with Crippen molar-refractivity contribution in [3.63, 3.8) is 0 Å². The van der Waals surface area contributed by atoms with Crippen LogP contribution in [0, 0.1) is 11.3 Å². The smallest absolute Gasteiger partial charge is 0.309 e. The van der Waals surface area contributed by atoms with Gasteiger partial charge in [-0.1, -0.05) is 69.9 Å². The van der Waals surface area contributed by atoms with Crippen molar-refractivity contribution in [1.82, 2.24) is 5.32 Å². The summed E-state index contributed by atoms with van der Waals surface area (Å²) in [4.78, 5) is 39.7. The molecule has 0 heterocycles. The highest BCUT2D eigenvalue weighted by Gasteiger charge is 2.45. The van der Waals surface area contributed by atoms with Crippen LogP contribution < -0.4 is 5.32 Å². The molecule has 232 valence electrons. The second-order valence-electron chi connectivity index (χ2n) is 12.3. The Morgan fingerprint density at radius 1 is 0.951 bits per heavy atom. The Morgan fingerprint density at radius 2 is 1.66 bits per heavy atom. The Hall–Kier alpha value is -2.45. The van der Waals surface area contributed by atoms with Gasteiger partial charge in [-0.15, -0.1) is 0 Å². The Balaban J connectivity index is 2.08. The zero-order valence-corrected chi connectivity index (χ0v) is 26.0. The molecule has 2 atom stereocenters. The highest BCUT2D eigenvalue weighted by atomic mass is 16.6. The number of esters is 2. The standard InChI is InChI=1S/C33H53NO7/c1-6-8-19-38-20-21-40-29(35)22-28(25-39-24-26-15-10-9-11-16-26)34-31(37)33(17-12-13-18-33)23-27(14-7-2)30(36)41-32(3,4)5/h9-11,15-16,27-28H,6-8,12-14,17-25H2,1-5H3,(H,34,37)/t27-,28+/m1/s1. The second-order valence-corrected chi connectivity index (χ2v) is 12.3. The van der Waals surface area contributed by atoms with Gasteiger partial charge in [0.1, 0.15) is 12.2 Å². The molecule has 1 saturated carbocycles. The molecule has 1 aliphatic carbocycles. The zero-order chi connectivity index (χ0) is 30.1. The highest BCUT2D eigenvalue weighted by molar-refractivity contribution is 5.85. The molecule has 0 unspecified atom stereocenters. The lowest BCUT2D eigenvalue weighted by Crippen LogP contribution is -2.48. The van der Waals surface area contributed by atoms with Crippen molar-refractivity contribution in [2.24, 2.45) is 11.3 Å². The lowest BCUT2D eigenvalue weighted by molar-refractivity contribution is -0.162. The summed E-state index contributed by atoms with van der Waals surface area (Å²) in [6, 6.07) is 9.22. The molecule has 1 aliphatic rings. The summed E-state index contributed by atoms with van der Waals surface area (Å²) < 4.78 is 22.5. The quantitative estimate of drug-likeness (QED) is 0.156. The van der Waals surface area contributed by atoms with E-state index in [1.54, 1.807) is 0 Å². The molecule has 1 aromatic carbocycles. The predicted molar refractivity (Wildman–Crippen MR) is 159 cm³/mol. The number of hydrogen-bond acceptors (Lipinski definition) is 7. The number of ether oxygens (including phenoxy) is 4. The van der Waals surface area contributed by atoms with E-state index in [-0.39, 0.29) is 37.4 Å². The van der Waals surface area contributed by atoms with Gasteiger partial charge in [0, 0.05) is 6.61 Å². The van der Waals surface area contributed by atoms with E-state index in [9.17, 15) is 14.4 Å². The van der Waals surface area contributed by atoms with E-state index in [0.29, 0.717) is 45.5 Å². The summed E-state index contributed by atoms with van der Waals surface area (Å²) in [7, 11) is 0. The van der Waals surface area contributed by atoms with Gasteiger partial charge in [0.2, 0.25) is 5.91 Å². The van der Waals surface area contributed by atoms with Crippen molar-refractivity contribution in [2.45, 2.75) is 117 Å². The average molecular weight is 576 g/mol. The number of rotatable bonds is 19. The fourth-order valence-electron chi connectivity index (χ4n) is 5.29. The third-order valence-electron chi connectivity index (χ3n) is 7.37. The second kappa shape index (κ2) is 18.2. The number of benzene rings is 1. The van der Waals surface area contributed by atoms with Crippen molar-refractivity contribution in [3.8, 4) is 0 Å². The van der Waals surface area contributed by atoms with E-state index in [2.05, 4.69) is 12.2 Å². The monoisotopic (exact) mass is 575 g/mol. The minimum absolute atomic E-state index is 0.00394. The molecule has 2 rings (SSSR count). The Kier molecular flexibility index (Phi) is 15.4. The maximum Gasteiger partial charge on any atom is 0.309 e. The van der Waals surface area contributed by atoms with Gasteiger partial charge in [0.05, 0.1) is 43.6 Å². The molecular formula is C33H53NO7. The Morgan fingerprint density at radius 3 is 2.29 bits per heavy atom. The number of hydrogen-bond donors (Lipinski definition) is 1. The van der Waals surface area contributed by atoms with Crippen LogP contribution in [0.3, 0.4) is 0 Å². The van der Waals surface area contributed by atoms with Gasteiger partial charge in [-0.3, -0.25) is 14.4 Å². The molecule has 0 aliphatic heterocycles. The Bertz CT molecular complexity index is 906. The van der Waals surface area contributed by atoms with E-state index in [1.165, 1.54) is 0 Å². The van der Waals surface area contributed by atoms with Crippen LogP contribution in [0.25, 0.3) is 0 Å². The summed E-state index contributed by atoms with van der Waals surface area (Å²) in [5, 5.41) is 3.12. The molecule has 1 aromatic rings. The van der Waals surface area contributed by atoms with Crippen LogP contribution in [0.2, 0.25) is 0 Å². The molecule has 0 radical (unpaired) electrons. The minimum Gasteiger partial charge on any atom is -0.463 e. The summed E-state index contributed by atoms with van der Waals surface area (Å²) in [5.41, 5.74) is -0.251. The number of carbonyl (C=O) groups excluding carboxylic acids is 3. The fourth-order valence-corrected chi connectivity index (χ4v) is 5.29. The first-order valence-electron chi connectivity index (χ1n) is 15.5. The van der Waals surface area contributed by atoms with E-state index in [4.69, 9.17) is 18.9 Å². The van der Waals surface area contributed by atoms with Gasteiger partial charge in [0.25, 0.3) is 0 Å². The lowest BCUT2D eigenvalue weighted by atomic mass is 9.75. The van der Waals surface area contributed by atoms with Crippen molar-refractivity contribution in [1.29, 1.82) is 0 Å². The van der Waals surface area contributed by atoms with Gasteiger partial charge in [-0.25, -0.2) is 0 Å². The van der Waals surface area contributed by atoms with Crippen LogP contribution in [-0.2, 0) is 39.9 Å². The van der Waals surface area contributed by atoms with E-state index >= 15 is 0 Å². The van der Waals surface area contributed by atoms with Gasteiger partial charge >= 0.3 is 11.9 Å². The number of nitrogens with one attached hydrogen (secondary N) is 1. The van der Waals surface area contributed by atoms with Crippen LogP contribution in [0.5, 0.6) is 0 Å². The number of unbranched alkanes of at least 4 members (excludes halogenated alkanes) is 1. The van der Waals surface area contributed by atoms with Gasteiger partial charge in [0.15, 0.2) is 0 Å². The van der Waals surface area contributed by atoms with Crippen molar-refractivity contribution >= 4 is 17.8 Å². The summed E-state index contributed by atoms with van der Waals surface area (Å²) in [6.07, 6.45) is 7.21. The topological polar surface area (TPSA) is 100 Å². The molecule has 0 saturated heterocycles. The fraction of sp³-hybridized carbons (Fsp3) is 0.727. The molecule has 0 bridgehead atoms. The van der Waals surface area contributed by atoms with Crippen molar-refractivity contribution in [2.75, 3.05) is 26.4 Å². The zero-order valence-electron chi connectivity index (χ0n) is 26.0. The van der Waals surface area contributed by atoms with Crippen LogP contribution >= 0.6 is 0 Å². The van der Waals surface area contributed by atoms with Gasteiger partial charge in [-0.2, -0.15) is 0 Å². The molecule has 1 N–H and O–H groups in total. The van der Waals surface area contributed by atoms with Crippen LogP contribution in [0.1, 0.15) is 104 Å². The molecule has 41 heavy (non-hydrogen) atoms. The maximum atomic E-state index is 13.9. The lowest BCUT2D eigenvalue weighted by Gasteiger charge is -2.34. The number of amides is 1. The first-order chi connectivity index (χ1) is 19.6. The highest BCUT2D eigenvalue weighted by Crippen LogP contribution is 2.45. The number of carbonyl (C=O) groups is 3. The first kappa shape index (κ1) is 34.7. The van der Waals surface area contributed by atoms with Crippen LogP contribution in [-0.4, -0.2) is 55.9 Å². The van der Waals surface area contributed by atoms with E-state index in [0.717, 1.165) is 37.7 Å². The normalized spacial score (nSPS) is 16.1. The van der Waals surface area contributed by atoms with E-state index < -0.39 is 23.0 Å². The van der Waals surface area contributed by atoms with Crippen molar-refractivity contribution < 1.29 is 33.3 Å². The largest absolute Gasteiger partial charge is 0.463 e. The first-order valence-corrected chi connectivity index (χ1v) is 15.5. The molecule has 0 spiro atoms. The maximum absolute atomic E-state index is 13.9. The summed E-state index contributed by atoms with van der Waals surface area (Å²) in [5.74, 6) is -1.13. The van der Waals surface area contributed by atoms with Gasteiger partial charge in [-0.05, 0) is 58.4 Å². The van der Waals surface area contributed by atoms with Crippen LogP contribution in [0.4, 0.5) is 0 Å². The molecule has 1 amide bonds. The molecule has 1 fully saturated rings. The summed E-state index contributed by atoms with van der Waals surface area (Å²) >= 11 is 0. The predicted octanol–water partition coefficient (Wildman–Crippen LogP) is 6.15. The average Bonchev–Trinajstić information content (AvgIpc) is 3.40. The third kappa shape index (κ3) is 13.4. The molecule has 8 heteroatoms. The molecule has 8 nitrogen and oxygen atoms in total. The Labute approximate surface area is 247 Å². The SMILES string of the molecule is CCCCOCCOC(=O)C[C@@H](COCc1ccccc1)NC(=O)C1(C[C@@H](CCC)C(=O)OC(C)(C)C)CCCC1. The third-order valence-corrected chi connectivity index (χ3v) is 7.37. The van der Waals surface area contributed by atoms with Crippen molar-refractivity contribution in [3.05, 3.63) is 35.9 Å². The van der Waals surface area contributed by atoms with Crippen LogP contribution in [0.15, 0.2) is 30.3 Å².